The third-order valence-electron chi connectivity index (χ3n) is 4.17. The fourth-order valence-electron chi connectivity index (χ4n) is 2.74. The summed E-state index contributed by atoms with van der Waals surface area (Å²) in [5.41, 5.74) is 8.89. The summed E-state index contributed by atoms with van der Waals surface area (Å²) in [5.74, 6) is 0.346. The van der Waals surface area contributed by atoms with Crippen LogP contribution in [0.2, 0.25) is 0 Å². The quantitative estimate of drug-likeness (QED) is 0.784. The first-order chi connectivity index (χ1) is 10.3. The zero-order chi connectivity index (χ0) is 16.9. The van der Waals surface area contributed by atoms with Gasteiger partial charge in [0.1, 0.15) is 0 Å². The smallest absolute Gasteiger partial charge is 0.226 e. The Labute approximate surface area is 135 Å². The van der Waals surface area contributed by atoms with Crippen LogP contribution in [0.5, 0.6) is 0 Å². The molecule has 0 bridgehead atoms. The van der Waals surface area contributed by atoms with Crippen molar-refractivity contribution in [1.82, 2.24) is 4.90 Å². The van der Waals surface area contributed by atoms with Crippen LogP contribution in [-0.4, -0.2) is 30.9 Å². The first-order valence-corrected chi connectivity index (χ1v) is 8.17. The number of hydrogen-bond donors (Lipinski definition) is 1. The molecule has 4 heteroatoms. The van der Waals surface area contributed by atoms with Crippen LogP contribution in [0.15, 0.2) is 18.2 Å². The summed E-state index contributed by atoms with van der Waals surface area (Å²) in [6.45, 7) is 8.90. The van der Waals surface area contributed by atoms with Crippen LogP contribution in [0.25, 0.3) is 0 Å². The highest BCUT2D eigenvalue weighted by Gasteiger charge is 2.24. The van der Waals surface area contributed by atoms with E-state index in [4.69, 9.17) is 5.73 Å². The standard InChI is InChI=1S/C18H31N3O/c1-7-14(8-2)18(22)21(13(3)4)12-15-11-16(19)9-10-17(15)20(5)6/h9-11,13-14H,7-8,12,19H2,1-6H3. The Hall–Kier alpha value is -1.71. The second-order valence-electron chi connectivity index (χ2n) is 6.36. The zero-order valence-electron chi connectivity index (χ0n) is 14.9. The predicted molar refractivity (Wildman–Crippen MR) is 94.9 cm³/mol. The van der Waals surface area contributed by atoms with Gasteiger partial charge in [-0.25, -0.2) is 0 Å². The van der Waals surface area contributed by atoms with Crippen molar-refractivity contribution in [2.24, 2.45) is 5.92 Å². The summed E-state index contributed by atoms with van der Waals surface area (Å²) in [6.07, 6.45) is 1.77. The summed E-state index contributed by atoms with van der Waals surface area (Å²) in [5, 5.41) is 0. The van der Waals surface area contributed by atoms with Gasteiger partial charge in [-0.1, -0.05) is 13.8 Å². The average Bonchev–Trinajstić information content (AvgIpc) is 2.45. The Kier molecular flexibility index (Phi) is 6.72. The van der Waals surface area contributed by atoms with Gasteiger partial charge < -0.3 is 15.5 Å². The Balaban J connectivity index is 3.11. The van der Waals surface area contributed by atoms with E-state index in [1.807, 2.05) is 37.2 Å². The van der Waals surface area contributed by atoms with Crippen LogP contribution >= 0.6 is 0 Å². The van der Waals surface area contributed by atoms with E-state index in [1.165, 1.54) is 0 Å². The van der Waals surface area contributed by atoms with Gasteiger partial charge >= 0.3 is 0 Å². The van der Waals surface area contributed by atoms with E-state index < -0.39 is 0 Å². The van der Waals surface area contributed by atoms with Gasteiger partial charge in [-0.2, -0.15) is 0 Å². The van der Waals surface area contributed by atoms with E-state index in [1.54, 1.807) is 0 Å². The van der Waals surface area contributed by atoms with Gasteiger partial charge in [-0.15, -0.1) is 0 Å². The normalized spacial score (nSPS) is 11.1. The number of anilines is 2. The Bertz CT molecular complexity index is 493. The molecular formula is C18H31N3O. The lowest BCUT2D eigenvalue weighted by Gasteiger charge is -2.31. The van der Waals surface area contributed by atoms with Gasteiger partial charge in [-0.3, -0.25) is 4.79 Å². The molecule has 0 saturated carbocycles. The molecule has 0 aromatic heterocycles. The molecule has 0 radical (unpaired) electrons. The lowest BCUT2D eigenvalue weighted by Crippen LogP contribution is -2.40. The predicted octanol–water partition coefficient (Wildman–Crippen LogP) is 3.51. The highest BCUT2D eigenvalue weighted by molar-refractivity contribution is 5.79. The van der Waals surface area contributed by atoms with Crippen molar-refractivity contribution in [3.63, 3.8) is 0 Å². The van der Waals surface area contributed by atoms with Crippen molar-refractivity contribution in [1.29, 1.82) is 0 Å². The van der Waals surface area contributed by atoms with Crippen molar-refractivity contribution in [3.8, 4) is 0 Å². The minimum atomic E-state index is 0.103. The molecule has 4 nitrogen and oxygen atoms in total. The van der Waals surface area contributed by atoms with E-state index in [-0.39, 0.29) is 17.9 Å². The number of hydrogen-bond acceptors (Lipinski definition) is 3. The average molecular weight is 305 g/mol. The Morgan fingerprint density at radius 1 is 1.18 bits per heavy atom. The molecule has 0 aliphatic heterocycles. The lowest BCUT2D eigenvalue weighted by molar-refractivity contribution is -0.138. The van der Waals surface area contributed by atoms with Gasteiger partial charge in [0.25, 0.3) is 0 Å². The zero-order valence-corrected chi connectivity index (χ0v) is 14.9. The van der Waals surface area contributed by atoms with Gasteiger partial charge in [-0.05, 0) is 50.5 Å². The van der Waals surface area contributed by atoms with Gasteiger partial charge in [0, 0.05) is 44.0 Å². The number of carbonyl (C=O) groups excluding carboxylic acids is 1. The molecule has 0 fully saturated rings. The van der Waals surface area contributed by atoms with Crippen LogP contribution in [0.1, 0.15) is 46.1 Å². The maximum Gasteiger partial charge on any atom is 0.226 e. The molecule has 1 amide bonds. The summed E-state index contributed by atoms with van der Waals surface area (Å²) >= 11 is 0. The summed E-state index contributed by atoms with van der Waals surface area (Å²) in [4.78, 5) is 16.8. The minimum absolute atomic E-state index is 0.103. The van der Waals surface area contributed by atoms with Crippen LogP contribution in [0, 0.1) is 5.92 Å². The fraction of sp³-hybridized carbons (Fsp3) is 0.611. The summed E-state index contributed by atoms with van der Waals surface area (Å²) < 4.78 is 0. The molecule has 1 aromatic rings. The van der Waals surface area contributed by atoms with Crippen LogP contribution in [-0.2, 0) is 11.3 Å². The molecule has 0 aliphatic carbocycles. The molecule has 2 N–H and O–H groups in total. The van der Waals surface area contributed by atoms with Crippen molar-refractivity contribution < 1.29 is 4.79 Å². The van der Waals surface area contributed by atoms with Gasteiger partial charge in [0.15, 0.2) is 0 Å². The maximum absolute atomic E-state index is 12.8. The molecule has 0 saturated heterocycles. The van der Waals surface area contributed by atoms with Gasteiger partial charge in [0.05, 0.1) is 0 Å². The van der Waals surface area contributed by atoms with Crippen LogP contribution in [0.4, 0.5) is 11.4 Å². The molecule has 0 atom stereocenters. The minimum Gasteiger partial charge on any atom is -0.399 e. The number of rotatable bonds is 7. The summed E-state index contributed by atoms with van der Waals surface area (Å²) in [7, 11) is 4.02. The molecule has 0 heterocycles. The van der Waals surface area contributed by atoms with Gasteiger partial charge in [0.2, 0.25) is 5.91 Å². The number of nitrogen functional groups attached to an aromatic ring is 1. The fourth-order valence-corrected chi connectivity index (χ4v) is 2.74. The second kappa shape index (κ2) is 8.06. The number of nitrogens with two attached hydrogens (primary N) is 1. The van der Waals surface area contributed by atoms with Crippen LogP contribution in [0.3, 0.4) is 0 Å². The van der Waals surface area contributed by atoms with Crippen molar-refractivity contribution in [3.05, 3.63) is 23.8 Å². The number of nitrogens with zero attached hydrogens (tertiary/aromatic N) is 2. The third-order valence-corrected chi connectivity index (χ3v) is 4.17. The number of amides is 1. The number of benzene rings is 1. The van der Waals surface area contributed by atoms with Crippen molar-refractivity contribution in [2.45, 2.75) is 53.1 Å². The second-order valence-corrected chi connectivity index (χ2v) is 6.36. The molecule has 124 valence electrons. The molecule has 0 aliphatic rings. The van der Waals surface area contributed by atoms with Crippen molar-refractivity contribution in [2.75, 3.05) is 24.7 Å². The molecule has 22 heavy (non-hydrogen) atoms. The Morgan fingerprint density at radius 3 is 2.23 bits per heavy atom. The molecule has 1 aromatic carbocycles. The van der Waals surface area contributed by atoms with Crippen molar-refractivity contribution >= 4 is 17.3 Å². The third kappa shape index (κ3) is 4.39. The molecule has 0 spiro atoms. The first kappa shape index (κ1) is 18.3. The highest BCUT2D eigenvalue weighted by atomic mass is 16.2. The van der Waals surface area contributed by atoms with E-state index >= 15 is 0 Å². The van der Waals surface area contributed by atoms with E-state index in [0.29, 0.717) is 6.54 Å². The topological polar surface area (TPSA) is 49.6 Å². The van der Waals surface area contributed by atoms with E-state index in [0.717, 1.165) is 29.8 Å². The largest absolute Gasteiger partial charge is 0.399 e. The molecule has 0 unspecified atom stereocenters. The first-order valence-electron chi connectivity index (χ1n) is 8.17. The summed E-state index contributed by atoms with van der Waals surface area (Å²) in [6, 6.07) is 6.07. The molecule has 1 rings (SSSR count). The Morgan fingerprint density at radius 2 is 1.77 bits per heavy atom. The molecular weight excluding hydrogens is 274 g/mol. The van der Waals surface area contributed by atoms with E-state index in [9.17, 15) is 4.79 Å². The number of carbonyl (C=O) groups is 1. The SMILES string of the molecule is CCC(CC)C(=O)N(Cc1cc(N)ccc1N(C)C)C(C)C. The highest BCUT2D eigenvalue weighted by Crippen LogP contribution is 2.25. The monoisotopic (exact) mass is 305 g/mol. The van der Waals surface area contributed by atoms with Crippen LogP contribution < -0.4 is 10.6 Å². The maximum atomic E-state index is 12.8. The lowest BCUT2D eigenvalue weighted by atomic mass is 10.00. The van der Waals surface area contributed by atoms with E-state index in [2.05, 4.69) is 32.6 Å².